The number of hydrogen-bond acceptors (Lipinski definition) is 4. The van der Waals surface area contributed by atoms with Crippen LogP contribution >= 0.6 is 23.2 Å². The maximum absolute atomic E-state index is 13.1. The molecule has 1 amide bonds. The Hall–Kier alpha value is -1.80. The zero-order chi connectivity index (χ0) is 21.0. The Labute approximate surface area is 180 Å². The third-order valence-electron chi connectivity index (χ3n) is 4.79. The second-order valence-corrected chi connectivity index (χ2v) is 9.54. The molecule has 1 aliphatic heterocycles. The van der Waals surface area contributed by atoms with Gasteiger partial charge in [-0.15, -0.1) is 0 Å². The van der Waals surface area contributed by atoms with Crippen molar-refractivity contribution < 1.29 is 17.9 Å². The smallest absolute Gasteiger partial charge is 0.257 e. The first kappa shape index (κ1) is 21.9. The summed E-state index contributed by atoms with van der Waals surface area (Å²) in [5.74, 6) is -0.175. The minimum absolute atomic E-state index is 0.104. The highest BCUT2D eigenvalue weighted by Crippen LogP contribution is 2.31. The predicted molar refractivity (Wildman–Crippen MR) is 115 cm³/mol. The normalized spacial score (nSPS) is 15.6. The van der Waals surface area contributed by atoms with E-state index in [9.17, 15) is 13.2 Å². The van der Waals surface area contributed by atoms with Crippen molar-refractivity contribution in [2.45, 2.75) is 30.6 Å². The number of halogens is 2. The van der Waals surface area contributed by atoms with Crippen LogP contribution in [0.3, 0.4) is 0 Å². The number of amides is 1. The van der Waals surface area contributed by atoms with Crippen molar-refractivity contribution in [1.82, 2.24) is 4.31 Å². The average molecular weight is 457 g/mol. The average Bonchev–Trinajstić information content (AvgIpc) is 2.99. The highest BCUT2D eigenvalue weighted by Gasteiger charge is 2.26. The first-order chi connectivity index (χ1) is 13.8. The molecule has 1 aliphatic rings. The number of anilines is 1. The van der Waals surface area contributed by atoms with Crippen LogP contribution in [0.1, 0.15) is 36.0 Å². The van der Waals surface area contributed by atoms with E-state index < -0.39 is 15.9 Å². The van der Waals surface area contributed by atoms with E-state index in [4.69, 9.17) is 27.9 Å². The lowest BCUT2D eigenvalue weighted by Crippen LogP contribution is -2.32. The van der Waals surface area contributed by atoms with Crippen LogP contribution in [0.15, 0.2) is 41.3 Å². The van der Waals surface area contributed by atoms with Gasteiger partial charge in [-0.05, 0) is 49.2 Å². The number of carbonyl (C=O) groups is 1. The van der Waals surface area contributed by atoms with Crippen LogP contribution < -0.4 is 10.1 Å². The summed E-state index contributed by atoms with van der Waals surface area (Å²) in [6, 6.07) is 8.98. The Balaban J connectivity index is 1.92. The summed E-state index contributed by atoms with van der Waals surface area (Å²) in [5, 5.41) is 3.28. The quantitative estimate of drug-likeness (QED) is 0.699. The van der Waals surface area contributed by atoms with E-state index in [1.165, 1.54) is 41.7 Å². The number of ether oxygens (including phenoxy) is 1. The van der Waals surface area contributed by atoms with E-state index in [0.717, 1.165) is 25.7 Å². The number of methoxy groups -OCH3 is 1. The standard InChI is InChI=1S/C20H22Cl2N2O4S/c1-28-19-9-7-15(29(26,27)24-10-4-2-3-5-11-24)13-18(19)23-20(25)16-12-14(21)6-8-17(16)22/h6-9,12-13H,2-5,10-11H2,1H3,(H,23,25). The summed E-state index contributed by atoms with van der Waals surface area (Å²) in [5.41, 5.74) is 0.423. The first-order valence-corrected chi connectivity index (χ1v) is 11.5. The molecule has 1 fully saturated rings. The van der Waals surface area contributed by atoms with Crippen molar-refractivity contribution in [2.24, 2.45) is 0 Å². The van der Waals surface area contributed by atoms with Crippen molar-refractivity contribution in [2.75, 3.05) is 25.5 Å². The van der Waals surface area contributed by atoms with Crippen LogP contribution in [0.2, 0.25) is 10.0 Å². The van der Waals surface area contributed by atoms with Crippen molar-refractivity contribution in [3.8, 4) is 5.75 Å². The molecule has 6 nitrogen and oxygen atoms in total. The van der Waals surface area contributed by atoms with Gasteiger partial charge in [-0.3, -0.25) is 4.79 Å². The number of carbonyl (C=O) groups excluding carboxylic acids is 1. The summed E-state index contributed by atoms with van der Waals surface area (Å²) in [6.45, 7) is 0.988. The van der Waals surface area contributed by atoms with Gasteiger partial charge in [0, 0.05) is 18.1 Å². The number of hydrogen-bond donors (Lipinski definition) is 1. The van der Waals surface area contributed by atoms with Crippen LogP contribution in [-0.4, -0.2) is 38.8 Å². The zero-order valence-corrected chi connectivity index (χ0v) is 18.3. The third kappa shape index (κ3) is 5.04. The SMILES string of the molecule is COc1ccc(S(=O)(=O)N2CCCCCC2)cc1NC(=O)c1cc(Cl)ccc1Cl. The lowest BCUT2D eigenvalue weighted by Gasteiger charge is -2.21. The van der Waals surface area contributed by atoms with Gasteiger partial charge in [0.15, 0.2) is 0 Å². The van der Waals surface area contributed by atoms with Crippen LogP contribution in [0, 0.1) is 0 Å². The Morgan fingerprint density at radius 1 is 1.03 bits per heavy atom. The summed E-state index contributed by atoms with van der Waals surface area (Å²) >= 11 is 12.1. The molecule has 29 heavy (non-hydrogen) atoms. The van der Waals surface area contributed by atoms with Crippen molar-refractivity contribution in [1.29, 1.82) is 0 Å². The summed E-state index contributed by atoms with van der Waals surface area (Å²) in [7, 11) is -2.22. The van der Waals surface area contributed by atoms with Gasteiger partial charge in [0.05, 0.1) is 28.3 Å². The lowest BCUT2D eigenvalue weighted by molar-refractivity contribution is 0.102. The number of sulfonamides is 1. The molecule has 0 bridgehead atoms. The lowest BCUT2D eigenvalue weighted by atomic mass is 10.2. The number of benzene rings is 2. The van der Waals surface area contributed by atoms with Crippen LogP contribution in [-0.2, 0) is 10.0 Å². The second kappa shape index (κ2) is 9.34. The molecular formula is C20H22Cl2N2O4S. The van der Waals surface area contributed by atoms with Crippen molar-refractivity contribution in [3.63, 3.8) is 0 Å². The molecule has 0 spiro atoms. The molecule has 2 aromatic rings. The van der Waals surface area contributed by atoms with Crippen molar-refractivity contribution >= 4 is 44.8 Å². The topological polar surface area (TPSA) is 75.7 Å². The van der Waals surface area contributed by atoms with Gasteiger partial charge < -0.3 is 10.1 Å². The van der Waals surface area contributed by atoms with Crippen LogP contribution in [0.25, 0.3) is 0 Å². The second-order valence-electron chi connectivity index (χ2n) is 6.76. The van der Waals surface area contributed by atoms with Gasteiger partial charge in [0.2, 0.25) is 10.0 Å². The number of rotatable bonds is 5. The third-order valence-corrected chi connectivity index (χ3v) is 7.25. The molecule has 3 rings (SSSR count). The maximum atomic E-state index is 13.1. The monoisotopic (exact) mass is 456 g/mol. The van der Waals surface area contributed by atoms with Gasteiger partial charge in [-0.2, -0.15) is 4.31 Å². The van der Waals surface area contributed by atoms with Crippen LogP contribution in [0.4, 0.5) is 5.69 Å². The van der Waals surface area contributed by atoms with Gasteiger partial charge in [-0.1, -0.05) is 36.0 Å². The molecule has 0 unspecified atom stereocenters. The van der Waals surface area contributed by atoms with Gasteiger partial charge in [-0.25, -0.2) is 8.42 Å². The summed E-state index contributed by atoms with van der Waals surface area (Å²) < 4.78 is 32.9. The number of nitrogens with zero attached hydrogens (tertiary/aromatic N) is 1. The predicted octanol–water partition coefficient (Wildman–Crippen LogP) is 4.82. The van der Waals surface area contributed by atoms with E-state index in [1.807, 2.05) is 0 Å². The molecular weight excluding hydrogens is 435 g/mol. The molecule has 0 aliphatic carbocycles. The molecule has 1 N–H and O–H groups in total. The Morgan fingerprint density at radius 3 is 2.38 bits per heavy atom. The first-order valence-electron chi connectivity index (χ1n) is 9.27. The Morgan fingerprint density at radius 2 is 1.72 bits per heavy atom. The van der Waals surface area contributed by atoms with Gasteiger partial charge >= 0.3 is 0 Å². The molecule has 1 heterocycles. The molecule has 0 aromatic heterocycles. The number of nitrogens with one attached hydrogen (secondary N) is 1. The summed E-state index contributed by atoms with van der Waals surface area (Å²) in [6.07, 6.45) is 3.73. The molecule has 2 aromatic carbocycles. The fraction of sp³-hybridized carbons (Fsp3) is 0.350. The minimum Gasteiger partial charge on any atom is -0.495 e. The molecule has 1 saturated heterocycles. The molecule has 0 radical (unpaired) electrons. The highest BCUT2D eigenvalue weighted by atomic mass is 35.5. The molecule has 9 heteroatoms. The Kier molecular flexibility index (Phi) is 7.05. The zero-order valence-electron chi connectivity index (χ0n) is 16.0. The van der Waals surface area contributed by atoms with Gasteiger partial charge in [0.1, 0.15) is 5.75 Å². The van der Waals surface area contributed by atoms with E-state index in [2.05, 4.69) is 5.32 Å². The fourth-order valence-electron chi connectivity index (χ4n) is 3.24. The van der Waals surface area contributed by atoms with Crippen molar-refractivity contribution in [3.05, 3.63) is 52.0 Å². The van der Waals surface area contributed by atoms with Crippen LogP contribution in [0.5, 0.6) is 5.75 Å². The van der Waals surface area contributed by atoms with Gasteiger partial charge in [0.25, 0.3) is 5.91 Å². The minimum atomic E-state index is -3.67. The summed E-state index contributed by atoms with van der Waals surface area (Å²) in [4.78, 5) is 12.8. The van der Waals surface area contributed by atoms with E-state index in [0.29, 0.717) is 23.9 Å². The molecule has 0 saturated carbocycles. The highest BCUT2D eigenvalue weighted by molar-refractivity contribution is 7.89. The maximum Gasteiger partial charge on any atom is 0.257 e. The molecule has 156 valence electrons. The Bertz CT molecular complexity index is 1000. The largest absolute Gasteiger partial charge is 0.495 e. The van der Waals surface area contributed by atoms with E-state index in [1.54, 1.807) is 6.07 Å². The van der Waals surface area contributed by atoms with E-state index in [-0.39, 0.29) is 21.2 Å². The van der Waals surface area contributed by atoms with E-state index >= 15 is 0 Å². The fourth-order valence-corrected chi connectivity index (χ4v) is 5.16. The molecule has 0 atom stereocenters.